The number of aryl methyl sites for hydroxylation is 1. The number of carbonyl (C=O) groups is 1. The zero-order valence-electron chi connectivity index (χ0n) is 13.5. The van der Waals surface area contributed by atoms with E-state index in [1.54, 1.807) is 0 Å². The van der Waals surface area contributed by atoms with Crippen molar-refractivity contribution in [2.75, 3.05) is 5.88 Å². The Kier molecular flexibility index (Phi) is 7.18. The third kappa shape index (κ3) is 5.28. The van der Waals surface area contributed by atoms with Crippen LogP contribution in [0.25, 0.3) is 0 Å². The lowest BCUT2D eigenvalue weighted by Crippen LogP contribution is -2.17. The Balaban J connectivity index is 1.83. The number of alkyl halides is 1. The number of allylic oxidation sites excluding steroid dienone is 1. The van der Waals surface area contributed by atoms with Gasteiger partial charge in [0, 0.05) is 18.2 Å². The second kappa shape index (κ2) is 9.15. The van der Waals surface area contributed by atoms with E-state index in [0.29, 0.717) is 17.6 Å². The van der Waals surface area contributed by atoms with E-state index in [4.69, 9.17) is 11.6 Å². The minimum absolute atomic E-state index is 0.347. The summed E-state index contributed by atoms with van der Waals surface area (Å²) in [7, 11) is 0. The van der Waals surface area contributed by atoms with Crippen LogP contribution in [-0.2, 0) is 17.6 Å². The first-order valence-corrected chi connectivity index (χ1v) is 9.06. The van der Waals surface area contributed by atoms with Crippen molar-refractivity contribution in [2.24, 2.45) is 5.92 Å². The summed E-state index contributed by atoms with van der Waals surface area (Å²) in [5, 5.41) is 0. The number of ketones is 1. The molecule has 1 aliphatic rings. The Morgan fingerprint density at radius 2 is 1.82 bits per heavy atom. The molecule has 1 nitrogen and oxygen atoms in total. The zero-order valence-corrected chi connectivity index (χ0v) is 14.2. The second-order valence-electron chi connectivity index (χ2n) is 6.48. The van der Waals surface area contributed by atoms with Crippen LogP contribution < -0.4 is 0 Å². The molecule has 1 saturated carbocycles. The lowest BCUT2D eigenvalue weighted by atomic mass is 9.84. The summed E-state index contributed by atoms with van der Waals surface area (Å²) < 4.78 is 0. The molecule has 0 unspecified atom stereocenters. The van der Waals surface area contributed by atoms with Crippen LogP contribution in [0.15, 0.2) is 36.4 Å². The smallest absolute Gasteiger partial charge is 0.135 e. The molecule has 0 spiro atoms. The molecule has 0 aliphatic heterocycles. The number of halogens is 1. The Morgan fingerprint density at radius 3 is 2.50 bits per heavy atom. The summed E-state index contributed by atoms with van der Waals surface area (Å²) in [5.74, 6) is 1.34. The molecule has 1 aliphatic carbocycles. The SMILES string of the molecule is C=C(CCl)Cc1ccccc1CCCC(=O)C1CCCCC1. The van der Waals surface area contributed by atoms with Crippen LogP contribution in [-0.4, -0.2) is 11.7 Å². The standard InChI is InChI=1S/C20H27ClO/c1-16(15-21)14-19-11-6-5-8-17(19)12-7-13-20(22)18-9-3-2-4-10-18/h5-6,8,11,18H,1-4,7,9-10,12-15H2. The molecule has 2 heteroatoms. The summed E-state index contributed by atoms with van der Waals surface area (Å²) >= 11 is 5.84. The van der Waals surface area contributed by atoms with Gasteiger partial charge in [0.1, 0.15) is 5.78 Å². The van der Waals surface area contributed by atoms with Crippen molar-refractivity contribution in [1.82, 2.24) is 0 Å². The predicted molar refractivity (Wildman–Crippen MR) is 94.5 cm³/mol. The molecule has 0 bridgehead atoms. The van der Waals surface area contributed by atoms with Crippen LogP contribution in [0.1, 0.15) is 56.1 Å². The molecule has 1 aromatic carbocycles. The van der Waals surface area contributed by atoms with Crippen molar-refractivity contribution in [2.45, 2.75) is 57.8 Å². The Bertz CT molecular complexity index is 500. The number of benzene rings is 1. The van der Waals surface area contributed by atoms with E-state index < -0.39 is 0 Å². The van der Waals surface area contributed by atoms with Gasteiger partial charge < -0.3 is 0 Å². The average Bonchev–Trinajstić information content (AvgIpc) is 2.57. The van der Waals surface area contributed by atoms with Crippen LogP contribution in [0.2, 0.25) is 0 Å². The molecule has 0 N–H and O–H groups in total. The molecule has 0 heterocycles. The summed E-state index contributed by atoms with van der Waals surface area (Å²) in [6.45, 7) is 3.99. The van der Waals surface area contributed by atoms with Gasteiger partial charge in [0.15, 0.2) is 0 Å². The van der Waals surface area contributed by atoms with Crippen molar-refractivity contribution in [3.63, 3.8) is 0 Å². The van der Waals surface area contributed by atoms with Gasteiger partial charge in [-0.2, -0.15) is 0 Å². The van der Waals surface area contributed by atoms with Crippen molar-refractivity contribution in [3.8, 4) is 0 Å². The first-order valence-electron chi connectivity index (χ1n) is 8.53. The highest BCUT2D eigenvalue weighted by molar-refractivity contribution is 6.19. The van der Waals surface area contributed by atoms with Crippen molar-refractivity contribution < 1.29 is 4.79 Å². The fourth-order valence-electron chi connectivity index (χ4n) is 3.37. The quantitative estimate of drug-likeness (QED) is 0.457. The lowest BCUT2D eigenvalue weighted by molar-refractivity contribution is -0.123. The molecule has 0 amide bonds. The number of hydrogen-bond acceptors (Lipinski definition) is 1. The highest BCUT2D eigenvalue weighted by atomic mass is 35.5. The highest BCUT2D eigenvalue weighted by Crippen LogP contribution is 2.26. The van der Waals surface area contributed by atoms with Crippen LogP contribution in [0.5, 0.6) is 0 Å². The molecule has 0 radical (unpaired) electrons. The molecule has 0 saturated heterocycles. The van der Waals surface area contributed by atoms with Crippen molar-refractivity contribution in [3.05, 3.63) is 47.5 Å². The van der Waals surface area contributed by atoms with Crippen LogP contribution in [0, 0.1) is 5.92 Å². The average molecular weight is 319 g/mol. The van der Waals surface area contributed by atoms with E-state index >= 15 is 0 Å². The molecule has 0 aromatic heterocycles. The van der Waals surface area contributed by atoms with Gasteiger partial charge in [0.2, 0.25) is 0 Å². The first kappa shape index (κ1) is 17.3. The molecule has 1 fully saturated rings. The topological polar surface area (TPSA) is 17.1 Å². The van der Waals surface area contributed by atoms with Gasteiger partial charge in [-0.15, -0.1) is 11.6 Å². The number of rotatable bonds is 8. The van der Waals surface area contributed by atoms with Crippen molar-refractivity contribution >= 4 is 17.4 Å². The van der Waals surface area contributed by atoms with E-state index in [1.807, 2.05) is 0 Å². The van der Waals surface area contributed by atoms with Crippen LogP contribution in [0.3, 0.4) is 0 Å². The van der Waals surface area contributed by atoms with Gasteiger partial charge in [0.25, 0.3) is 0 Å². The van der Waals surface area contributed by atoms with E-state index in [9.17, 15) is 4.79 Å². The van der Waals surface area contributed by atoms with Crippen LogP contribution in [0.4, 0.5) is 0 Å². The third-order valence-electron chi connectivity index (χ3n) is 4.68. The minimum Gasteiger partial charge on any atom is -0.299 e. The van der Waals surface area contributed by atoms with Gasteiger partial charge in [-0.3, -0.25) is 4.79 Å². The fourth-order valence-corrected chi connectivity index (χ4v) is 3.47. The summed E-state index contributed by atoms with van der Waals surface area (Å²) in [6.07, 6.45) is 9.52. The van der Waals surface area contributed by atoms with Gasteiger partial charge >= 0.3 is 0 Å². The maximum absolute atomic E-state index is 12.3. The second-order valence-corrected chi connectivity index (χ2v) is 6.75. The van der Waals surface area contributed by atoms with Gasteiger partial charge in [-0.25, -0.2) is 0 Å². The minimum atomic E-state index is 0.347. The number of Topliss-reactive ketones (excluding diaryl/α,β-unsaturated/α-hetero) is 1. The molecule has 0 atom stereocenters. The first-order chi connectivity index (χ1) is 10.7. The Morgan fingerprint density at radius 1 is 1.14 bits per heavy atom. The summed E-state index contributed by atoms with van der Waals surface area (Å²) in [5.41, 5.74) is 3.69. The van der Waals surface area contributed by atoms with Crippen molar-refractivity contribution in [1.29, 1.82) is 0 Å². The molecular weight excluding hydrogens is 292 g/mol. The maximum atomic E-state index is 12.3. The zero-order chi connectivity index (χ0) is 15.8. The Labute approximate surface area is 139 Å². The Hall–Kier alpha value is -1.08. The maximum Gasteiger partial charge on any atom is 0.135 e. The molecular formula is C20H27ClO. The van der Waals surface area contributed by atoms with E-state index in [1.165, 1.54) is 30.4 Å². The largest absolute Gasteiger partial charge is 0.299 e. The lowest BCUT2D eigenvalue weighted by Gasteiger charge is -2.20. The predicted octanol–water partition coefficient (Wildman–Crippen LogP) is 5.50. The fraction of sp³-hybridized carbons (Fsp3) is 0.550. The van der Waals surface area contributed by atoms with E-state index in [2.05, 4.69) is 30.8 Å². The summed E-state index contributed by atoms with van der Waals surface area (Å²) in [4.78, 5) is 12.3. The monoisotopic (exact) mass is 318 g/mol. The van der Waals surface area contributed by atoms with Crippen LogP contribution >= 0.6 is 11.6 Å². The molecule has 120 valence electrons. The molecule has 2 rings (SSSR count). The van der Waals surface area contributed by atoms with E-state index in [-0.39, 0.29) is 0 Å². The van der Waals surface area contributed by atoms with Gasteiger partial charge in [-0.05, 0) is 43.2 Å². The normalized spacial score (nSPS) is 15.7. The molecule has 1 aromatic rings. The highest BCUT2D eigenvalue weighted by Gasteiger charge is 2.20. The third-order valence-corrected chi connectivity index (χ3v) is 5.06. The van der Waals surface area contributed by atoms with Gasteiger partial charge in [0.05, 0.1) is 0 Å². The van der Waals surface area contributed by atoms with E-state index in [0.717, 1.165) is 44.1 Å². The molecule has 22 heavy (non-hydrogen) atoms. The van der Waals surface area contributed by atoms with Gasteiger partial charge in [-0.1, -0.05) is 55.7 Å². The summed E-state index contributed by atoms with van der Waals surface area (Å²) in [6, 6.07) is 8.46. The number of carbonyl (C=O) groups excluding carboxylic acids is 1. The number of hydrogen-bond donors (Lipinski definition) is 0.